The van der Waals surface area contributed by atoms with E-state index in [4.69, 9.17) is 0 Å². The number of allylic oxidation sites excluding steroid dienone is 4. The van der Waals surface area contributed by atoms with Crippen molar-refractivity contribution in [3.05, 3.63) is 117 Å². The maximum absolute atomic E-state index is 3.67. The molecule has 1 heteroatoms. The zero-order chi connectivity index (χ0) is 30.8. The van der Waals surface area contributed by atoms with Crippen LogP contribution in [0.4, 0.5) is 0 Å². The van der Waals surface area contributed by atoms with Crippen molar-refractivity contribution in [2.45, 2.75) is 100 Å². The van der Waals surface area contributed by atoms with Crippen molar-refractivity contribution in [3.8, 4) is 11.1 Å². The first-order chi connectivity index (χ1) is 18.9. The van der Waals surface area contributed by atoms with Gasteiger partial charge in [0.25, 0.3) is 0 Å². The Morgan fingerprint density at radius 3 is 1.83 bits per heavy atom. The van der Waals surface area contributed by atoms with Crippen LogP contribution in [-0.4, -0.2) is 3.71 Å². The first-order valence-electron chi connectivity index (χ1n) is 15.0. The van der Waals surface area contributed by atoms with Gasteiger partial charge in [-0.05, 0) is 28.4 Å². The summed E-state index contributed by atoms with van der Waals surface area (Å²) in [4.78, 5) is 0. The molecular formula is C40H50Zr. The van der Waals surface area contributed by atoms with Gasteiger partial charge >= 0.3 is 70.3 Å². The zero-order valence-corrected chi connectivity index (χ0v) is 30.1. The average Bonchev–Trinajstić information content (AvgIpc) is 3.42. The van der Waals surface area contributed by atoms with Crippen molar-refractivity contribution in [1.29, 1.82) is 0 Å². The van der Waals surface area contributed by atoms with Gasteiger partial charge in [0.05, 0.1) is 0 Å². The molecule has 2 aliphatic carbocycles. The minimum absolute atomic E-state index is 0.167. The summed E-state index contributed by atoms with van der Waals surface area (Å²) in [5, 5.41) is 0. The number of hydrogen-bond acceptors (Lipinski definition) is 0. The predicted octanol–water partition coefficient (Wildman–Crippen LogP) is 10.7. The number of hydrogen-bond donors (Lipinski definition) is 0. The number of rotatable bonds is 1. The van der Waals surface area contributed by atoms with Crippen LogP contribution in [0.2, 0.25) is 0 Å². The van der Waals surface area contributed by atoms with Crippen molar-refractivity contribution in [3.63, 3.8) is 0 Å². The molecule has 0 aliphatic heterocycles. The van der Waals surface area contributed by atoms with Gasteiger partial charge in [-0.3, -0.25) is 6.08 Å². The molecule has 1 atom stereocenters. The molecule has 214 valence electrons. The molecule has 0 saturated heterocycles. The first kappa shape index (κ1) is 33.4. The SMILES string of the molecule is CC(C)(C)c1[c-]c2c(cc1)-c1ccc(C(C)(C)C)cc1C2.CC1=[C-]C(C)C=C1C(C)(C)C.Cc1ccc([CH]=[Zr+2])cc1. The molecule has 3 aromatic rings. The van der Waals surface area contributed by atoms with Crippen LogP contribution in [0.25, 0.3) is 11.1 Å². The Kier molecular flexibility index (Phi) is 10.6. The van der Waals surface area contributed by atoms with E-state index >= 15 is 0 Å². The summed E-state index contributed by atoms with van der Waals surface area (Å²) in [5.74, 6) is 0.518. The molecular weight excluding hydrogens is 572 g/mol. The van der Waals surface area contributed by atoms with Gasteiger partial charge in [-0.15, -0.1) is 11.1 Å². The second-order valence-electron chi connectivity index (χ2n) is 14.8. The van der Waals surface area contributed by atoms with Crippen LogP contribution in [-0.2, 0) is 41.5 Å². The summed E-state index contributed by atoms with van der Waals surface area (Å²) in [6.07, 6.45) is 6.74. The minimum atomic E-state index is 0.167. The third-order valence-electron chi connectivity index (χ3n) is 7.78. The van der Waals surface area contributed by atoms with Crippen molar-refractivity contribution in [2.75, 3.05) is 0 Å². The summed E-state index contributed by atoms with van der Waals surface area (Å²) < 4.78 is 2.19. The molecule has 0 saturated carbocycles. The van der Waals surface area contributed by atoms with E-state index < -0.39 is 0 Å². The van der Waals surface area contributed by atoms with Gasteiger partial charge in [-0.2, -0.15) is 35.4 Å². The first-order valence-corrected chi connectivity index (χ1v) is 16.4. The Morgan fingerprint density at radius 2 is 1.37 bits per heavy atom. The molecule has 41 heavy (non-hydrogen) atoms. The Labute approximate surface area is 266 Å². The Balaban J connectivity index is 0.000000193. The molecule has 5 rings (SSSR count). The van der Waals surface area contributed by atoms with Crippen LogP contribution in [0.3, 0.4) is 0 Å². The molecule has 0 radical (unpaired) electrons. The number of benzene rings is 3. The average molecular weight is 622 g/mol. The molecule has 0 bridgehead atoms. The van der Waals surface area contributed by atoms with E-state index in [1.807, 2.05) is 0 Å². The topological polar surface area (TPSA) is 0 Å². The Hall–Kier alpha value is -2.11. The van der Waals surface area contributed by atoms with E-state index in [9.17, 15) is 0 Å². The van der Waals surface area contributed by atoms with Gasteiger partial charge in [0.15, 0.2) is 0 Å². The van der Waals surface area contributed by atoms with E-state index in [0.29, 0.717) is 11.3 Å². The van der Waals surface area contributed by atoms with Gasteiger partial charge in [-0.1, -0.05) is 111 Å². The van der Waals surface area contributed by atoms with E-state index in [-0.39, 0.29) is 10.8 Å². The van der Waals surface area contributed by atoms with E-state index in [1.54, 1.807) is 0 Å². The molecule has 0 nitrogen and oxygen atoms in total. The van der Waals surface area contributed by atoms with Gasteiger partial charge in [0, 0.05) is 0 Å². The van der Waals surface area contributed by atoms with E-state index in [2.05, 4.69) is 160 Å². The van der Waals surface area contributed by atoms with Crippen LogP contribution >= 0.6 is 0 Å². The van der Waals surface area contributed by atoms with Gasteiger partial charge < -0.3 is 0 Å². The van der Waals surface area contributed by atoms with E-state index in [1.165, 1.54) is 79.9 Å². The molecule has 0 spiro atoms. The molecule has 2 aliphatic rings. The van der Waals surface area contributed by atoms with Crippen LogP contribution in [0.5, 0.6) is 0 Å². The molecule has 0 aromatic heterocycles. The molecule has 1 unspecified atom stereocenters. The standard InChI is InChI=1S/C21H25.C11H17.C8H8.Zr/c1-20(2,3)16-7-9-18-14(12-16)11-15-13-17(21(4,5)6)8-10-19(15)18;1-8-6-9(2)10(7-8)11(3,4)5;1-7-3-5-8(2)6-4-7;/h7-10,12H,11H2,1-6H3;7-8H,1-5H3;1,3-6H,2H3;/q2*-1;;+2. The van der Waals surface area contributed by atoms with Crippen molar-refractivity contribution >= 4 is 3.71 Å². The zero-order valence-electron chi connectivity index (χ0n) is 27.6. The third kappa shape index (κ3) is 8.94. The van der Waals surface area contributed by atoms with Crippen LogP contribution in [0.15, 0.2) is 71.8 Å². The fourth-order valence-electron chi connectivity index (χ4n) is 5.34. The Morgan fingerprint density at radius 1 is 0.756 bits per heavy atom. The maximum atomic E-state index is 3.67. The fraction of sp³-hybridized carbons (Fsp3) is 0.425. The summed E-state index contributed by atoms with van der Waals surface area (Å²) in [6.45, 7) is 26.8. The van der Waals surface area contributed by atoms with Gasteiger partial charge in [0.2, 0.25) is 0 Å². The van der Waals surface area contributed by atoms with Crippen LogP contribution < -0.4 is 0 Å². The van der Waals surface area contributed by atoms with Crippen molar-refractivity contribution < 1.29 is 24.2 Å². The molecule has 0 amide bonds. The van der Waals surface area contributed by atoms with Crippen LogP contribution in [0.1, 0.15) is 110 Å². The van der Waals surface area contributed by atoms with E-state index in [0.717, 1.165) is 6.42 Å². The normalized spacial score (nSPS) is 15.9. The summed E-state index contributed by atoms with van der Waals surface area (Å²) in [5.41, 5.74) is 14.5. The quantitative estimate of drug-likeness (QED) is 0.186. The third-order valence-corrected chi connectivity index (χ3v) is 8.60. The van der Waals surface area contributed by atoms with Crippen molar-refractivity contribution in [2.24, 2.45) is 11.3 Å². The predicted molar refractivity (Wildman–Crippen MR) is 176 cm³/mol. The second kappa shape index (κ2) is 13.0. The summed E-state index contributed by atoms with van der Waals surface area (Å²) in [7, 11) is 0. The number of aryl methyl sites for hydroxylation is 1. The molecule has 0 heterocycles. The summed E-state index contributed by atoms with van der Waals surface area (Å²) >= 11 is 1.47. The van der Waals surface area contributed by atoms with Crippen molar-refractivity contribution in [1.82, 2.24) is 0 Å². The molecule has 3 aromatic carbocycles. The van der Waals surface area contributed by atoms with Gasteiger partial charge in [-0.25, -0.2) is 5.57 Å². The molecule has 0 fully saturated rings. The van der Waals surface area contributed by atoms with Gasteiger partial charge in [0.1, 0.15) is 0 Å². The summed E-state index contributed by atoms with van der Waals surface area (Å²) in [6, 6.07) is 23.7. The second-order valence-corrected chi connectivity index (χ2v) is 15.5. The molecule has 0 N–H and O–H groups in total. The monoisotopic (exact) mass is 620 g/mol. The Bertz CT molecular complexity index is 1360. The van der Waals surface area contributed by atoms with Crippen LogP contribution in [0, 0.1) is 30.4 Å². The number of fused-ring (bicyclic) bond motifs is 3. The fourth-order valence-corrected chi connectivity index (χ4v) is 5.81.